The summed E-state index contributed by atoms with van der Waals surface area (Å²) in [7, 11) is 1.65. The molecule has 2 rings (SSSR count). The minimum Gasteiger partial charge on any atom is -0.496 e. The Labute approximate surface area is 120 Å². The lowest BCUT2D eigenvalue weighted by molar-refractivity contribution is 0.111. The van der Waals surface area contributed by atoms with Gasteiger partial charge in [-0.1, -0.05) is 6.42 Å². The second kappa shape index (κ2) is 7.41. The number of aliphatic hydroxyl groups is 1. The highest BCUT2D eigenvalue weighted by Crippen LogP contribution is 2.26. The van der Waals surface area contributed by atoms with E-state index in [1.165, 1.54) is 12.8 Å². The van der Waals surface area contributed by atoms with Crippen LogP contribution in [0.3, 0.4) is 0 Å². The third kappa shape index (κ3) is 3.58. The Balaban J connectivity index is 2.16. The zero-order chi connectivity index (χ0) is 14.4. The van der Waals surface area contributed by atoms with Crippen molar-refractivity contribution >= 4 is 6.29 Å². The van der Waals surface area contributed by atoms with E-state index in [9.17, 15) is 9.90 Å². The summed E-state index contributed by atoms with van der Waals surface area (Å²) in [6.07, 6.45) is 5.24. The number of hydrogen-bond acceptors (Lipinski definition) is 4. The molecule has 0 bridgehead atoms. The molecule has 1 heterocycles. The third-order valence-electron chi connectivity index (χ3n) is 4.03. The van der Waals surface area contributed by atoms with Gasteiger partial charge in [-0.2, -0.15) is 0 Å². The highest BCUT2D eigenvalue weighted by atomic mass is 16.5. The molecule has 1 fully saturated rings. The summed E-state index contributed by atoms with van der Waals surface area (Å²) in [6, 6.07) is 5.95. The van der Waals surface area contributed by atoms with Crippen molar-refractivity contribution in [3.63, 3.8) is 0 Å². The molecule has 0 radical (unpaired) electrons. The second-order valence-electron chi connectivity index (χ2n) is 5.32. The van der Waals surface area contributed by atoms with E-state index in [0.717, 1.165) is 43.5 Å². The van der Waals surface area contributed by atoms with E-state index in [1.807, 2.05) is 12.1 Å². The van der Waals surface area contributed by atoms with Gasteiger partial charge in [0, 0.05) is 30.3 Å². The highest BCUT2D eigenvalue weighted by molar-refractivity contribution is 5.75. The Bertz CT molecular complexity index is 445. The van der Waals surface area contributed by atoms with Gasteiger partial charge in [0.05, 0.1) is 7.11 Å². The van der Waals surface area contributed by atoms with Crippen molar-refractivity contribution in [1.29, 1.82) is 0 Å². The molecular formula is C16H23NO3. The number of carbonyl (C=O) groups excluding carboxylic acids is 1. The summed E-state index contributed by atoms with van der Waals surface area (Å²) >= 11 is 0. The Morgan fingerprint density at radius 2 is 2.30 bits per heavy atom. The van der Waals surface area contributed by atoms with Crippen LogP contribution in [-0.4, -0.2) is 42.6 Å². The summed E-state index contributed by atoms with van der Waals surface area (Å²) in [5.74, 6) is 0.823. The molecule has 1 aromatic rings. The average molecular weight is 277 g/mol. The van der Waals surface area contributed by atoms with Crippen molar-refractivity contribution < 1.29 is 14.6 Å². The number of aliphatic hydroxyl groups excluding tert-OH is 1. The topological polar surface area (TPSA) is 49.8 Å². The molecule has 1 unspecified atom stereocenters. The van der Waals surface area contributed by atoms with Crippen molar-refractivity contribution in [2.45, 2.75) is 38.3 Å². The third-order valence-corrected chi connectivity index (χ3v) is 4.03. The van der Waals surface area contributed by atoms with Gasteiger partial charge in [-0.25, -0.2) is 0 Å². The van der Waals surface area contributed by atoms with Crippen LogP contribution in [0.4, 0.5) is 0 Å². The fourth-order valence-electron chi connectivity index (χ4n) is 2.96. The first-order valence-electron chi connectivity index (χ1n) is 7.25. The Kier molecular flexibility index (Phi) is 5.56. The van der Waals surface area contributed by atoms with Crippen molar-refractivity contribution in [1.82, 2.24) is 4.90 Å². The van der Waals surface area contributed by atoms with E-state index in [4.69, 9.17) is 4.74 Å². The smallest absolute Gasteiger partial charge is 0.150 e. The minimum absolute atomic E-state index is 0.229. The lowest BCUT2D eigenvalue weighted by Crippen LogP contribution is -2.39. The molecule has 1 aromatic carbocycles. The van der Waals surface area contributed by atoms with Crippen LogP contribution in [0.2, 0.25) is 0 Å². The number of aldehydes is 1. The molecular weight excluding hydrogens is 254 g/mol. The number of nitrogens with zero attached hydrogens (tertiary/aromatic N) is 1. The number of piperidine rings is 1. The van der Waals surface area contributed by atoms with E-state index < -0.39 is 0 Å². The van der Waals surface area contributed by atoms with Gasteiger partial charge in [-0.05, 0) is 44.0 Å². The molecule has 4 nitrogen and oxygen atoms in total. The first-order valence-corrected chi connectivity index (χ1v) is 7.25. The van der Waals surface area contributed by atoms with Gasteiger partial charge in [0.1, 0.15) is 12.0 Å². The molecule has 4 heteroatoms. The van der Waals surface area contributed by atoms with Crippen LogP contribution in [0.5, 0.6) is 5.75 Å². The monoisotopic (exact) mass is 277 g/mol. The van der Waals surface area contributed by atoms with Crippen LogP contribution >= 0.6 is 0 Å². The number of benzene rings is 1. The zero-order valence-corrected chi connectivity index (χ0v) is 12.0. The minimum atomic E-state index is 0.229. The number of hydrogen-bond donors (Lipinski definition) is 1. The molecule has 1 atom stereocenters. The molecule has 0 saturated carbocycles. The molecule has 1 N–H and O–H groups in total. The van der Waals surface area contributed by atoms with E-state index in [-0.39, 0.29) is 6.61 Å². The summed E-state index contributed by atoms with van der Waals surface area (Å²) in [5, 5.41) is 9.19. The van der Waals surface area contributed by atoms with Gasteiger partial charge in [-0.15, -0.1) is 0 Å². The fraction of sp³-hybridized carbons (Fsp3) is 0.562. The average Bonchev–Trinajstić information content (AvgIpc) is 2.49. The fourth-order valence-corrected chi connectivity index (χ4v) is 2.96. The van der Waals surface area contributed by atoms with E-state index in [1.54, 1.807) is 13.2 Å². The number of likely N-dealkylation sites (tertiary alicyclic amines) is 1. The maximum atomic E-state index is 10.9. The van der Waals surface area contributed by atoms with Crippen LogP contribution in [0.25, 0.3) is 0 Å². The standard InChI is InChI=1S/C16H23NO3/c1-20-16-6-5-13(12-19)10-14(16)11-17-8-3-2-4-15(17)7-9-18/h5-6,10,12,15,18H,2-4,7-9,11H2,1H3. The van der Waals surface area contributed by atoms with Crippen LogP contribution < -0.4 is 4.74 Å². The molecule has 0 aliphatic carbocycles. The van der Waals surface area contributed by atoms with Crippen LogP contribution in [-0.2, 0) is 6.54 Å². The van der Waals surface area contributed by atoms with E-state index >= 15 is 0 Å². The molecule has 1 saturated heterocycles. The van der Waals surface area contributed by atoms with Crippen LogP contribution in [0.1, 0.15) is 41.6 Å². The van der Waals surface area contributed by atoms with Crippen molar-refractivity contribution in [2.24, 2.45) is 0 Å². The summed E-state index contributed by atoms with van der Waals surface area (Å²) in [4.78, 5) is 13.3. The molecule has 20 heavy (non-hydrogen) atoms. The van der Waals surface area contributed by atoms with E-state index in [2.05, 4.69) is 4.90 Å². The number of rotatable bonds is 6. The van der Waals surface area contributed by atoms with Crippen LogP contribution in [0, 0.1) is 0 Å². The highest BCUT2D eigenvalue weighted by Gasteiger charge is 2.22. The Morgan fingerprint density at radius 3 is 3.00 bits per heavy atom. The predicted molar refractivity (Wildman–Crippen MR) is 78.1 cm³/mol. The molecule has 1 aliphatic rings. The van der Waals surface area contributed by atoms with Gasteiger partial charge >= 0.3 is 0 Å². The Morgan fingerprint density at radius 1 is 1.45 bits per heavy atom. The lowest BCUT2D eigenvalue weighted by Gasteiger charge is -2.35. The lowest BCUT2D eigenvalue weighted by atomic mass is 9.98. The normalized spacial score (nSPS) is 19.8. The summed E-state index contributed by atoms with van der Waals surface area (Å²) < 4.78 is 5.39. The van der Waals surface area contributed by atoms with Crippen molar-refractivity contribution in [2.75, 3.05) is 20.3 Å². The number of carbonyl (C=O) groups is 1. The van der Waals surface area contributed by atoms with Gasteiger partial charge in [0.25, 0.3) is 0 Å². The molecule has 110 valence electrons. The second-order valence-corrected chi connectivity index (χ2v) is 5.32. The maximum absolute atomic E-state index is 10.9. The first kappa shape index (κ1) is 15.0. The number of methoxy groups -OCH3 is 1. The zero-order valence-electron chi connectivity index (χ0n) is 12.0. The molecule has 1 aliphatic heterocycles. The molecule has 0 amide bonds. The molecule has 0 aromatic heterocycles. The van der Waals surface area contributed by atoms with Gasteiger partial charge in [0.2, 0.25) is 0 Å². The van der Waals surface area contributed by atoms with Gasteiger partial charge in [-0.3, -0.25) is 9.69 Å². The quantitative estimate of drug-likeness (QED) is 0.810. The largest absolute Gasteiger partial charge is 0.496 e. The number of ether oxygens (including phenoxy) is 1. The van der Waals surface area contributed by atoms with Crippen LogP contribution in [0.15, 0.2) is 18.2 Å². The van der Waals surface area contributed by atoms with Gasteiger partial charge < -0.3 is 9.84 Å². The van der Waals surface area contributed by atoms with Crippen molar-refractivity contribution in [3.8, 4) is 5.75 Å². The first-order chi connectivity index (χ1) is 9.78. The maximum Gasteiger partial charge on any atom is 0.150 e. The predicted octanol–water partition coefficient (Wildman–Crippen LogP) is 2.24. The summed E-state index contributed by atoms with van der Waals surface area (Å²) in [5.41, 5.74) is 1.72. The SMILES string of the molecule is COc1ccc(C=O)cc1CN1CCCCC1CCO. The van der Waals surface area contributed by atoms with Gasteiger partial charge in [0.15, 0.2) is 0 Å². The van der Waals surface area contributed by atoms with Crippen molar-refractivity contribution in [3.05, 3.63) is 29.3 Å². The Hall–Kier alpha value is -1.39. The van der Waals surface area contributed by atoms with E-state index in [0.29, 0.717) is 11.6 Å². The summed E-state index contributed by atoms with van der Waals surface area (Å²) in [6.45, 7) is 2.04. The molecule has 0 spiro atoms.